The van der Waals surface area contributed by atoms with Crippen LogP contribution in [0.25, 0.3) is 10.2 Å². The van der Waals surface area contributed by atoms with E-state index in [4.69, 9.17) is 23.2 Å². The molecule has 9 heteroatoms. The first kappa shape index (κ1) is 22.8. The van der Waals surface area contributed by atoms with E-state index in [0.29, 0.717) is 37.5 Å². The Morgan fingerprint density at radius 1 is 1.14 bits per heavy atom. The maximum Gasteiger partial charge on any atom is 0.261 e. The van der Waals surface area contributed by atoms with Crippen LogP contribution in [0.5, 0.6) is 0 Å². The second-order valence-corrected chi connectivity index (χ2v) is 8.20. The average Bonchev–Trinajstić information content (AvgIpc) is 3.02. The highest BCUT2D eigenvalue weighted by Crippen LogP contribution is 2.32. The summed E-state index contributed by atoms with van der Waals surface area (Å²) in [6.07, 6.45) is 0.751. The van der Waals surface area contributed by atoms with Crippen LogP contribution in [0, 0.1) is 5.82 Å². The molecule has 0 unspecified atom stereocenters. The molecule has 0 bridgehead atoms. The lowest BCUT2D eigenvalue weighted by Crippen LogP contribution is -2.33. The molecule has 1 heterocycles. The Labute approximate surface area is 183 Å². The van der Waals surface area contributed by atoms with Crippen molar-refractivity contribution in [3.05, 3.63) is 57.8 Å². The summed E-state index contributed by atoms with van der Waals surface area (Å²) in [4.78, 5) is 21.3. The minimum absolute atomic E-state index is 0. The quantitative estimate of drug-likeness (QED) is 0.467. The van der Waals surface area contributed by atoms with Gasteiger partial charge in [-0.25, -0.2) is 9.37 Å². The number of benzene rings is 2. The minimum Gasteiger partial charge on any atom is -0.309 e. The normalized spacial score (nSPS) is 10.9. The van der Waals surface area contributed by atoms with Gasteiger partial charge >= 0.3 is 0 Å². The summed E-state index contributed by atoms with van der Waals surface area (Å²) < 4.78 is 14.2. The zero-order valence-electron chi connectivity index (χ0n) is 15.3. The van der Waals surface area contributed by atoms with E-state index in [2.05, 4.69) is 4.98 Å². The molecule has 3 rings (SSSR count). The fourth-order valence-corrected chi connectivity index (χ4v) is 4.02. The van der Waals surface area contributed by atoms with Gasteiger partial charge in [0.1, 0.15) is 5.82 Å². The molecule has 1 amide bonds. The summed E-state index contributed by atoms with van der Waals surface area (Å²) >= 11 is 13.5. The summed E-state index contributed by atoms with van der Waals surface area (Å²) in [5.41, 5.74) is 0.971. The Morgan fingerprint density at radius 3 is 2.61 bits per heavy atom. The van der Waals surface area contributed by atoms with Crippen LogP contribution < -0.4 is 4.90 Å². The van der Waals surface area contributed by atoms with Crippen molar-refractivity contribution in [3.8, 4) is 0 Å². The molecular weight excluding hydrogens is 444 g/mol. The molecule has 0 saturated carbocycles. The third-order valence-corrected chi connectivity index (χ3v) is 5.57. The van der Waals surface area contributed by atoms with Crippen molar-refractivity contribution in [1.29, 1.82) is 0 Å². The zero-order chi connectivity index (χ0) is 19.6. The van der Waals surface area contributed by atoms with Crippen LogP contribution in [0.2, 0.25) is 10.0 Å². The number of carbonyl (C=O) groups excluding carboxylic acids is 1. The van der Waals surface area contributed by atoms with Gasteiger partial charge in [0, 0.05) is 11.6 Å². The van der Waals surface area contributed by atoms with Gasteiger partial charge in [-0.05, 0) is 63.5 Å². The Balaban J connectivity index is 0.00000280. The highest BCUT2D eigenvalue weighted by molar-refractivity contribution is 7.22. The third kappa shape index (κ3) is 5.33. The molecule has 150 valence electrons. The molecule has 0 aliphatic rings. The second-order valence-electron chi connectivity index (χ2n) is 6.35. The van der Waals surface area contributed by atoms with Gasteiger partial charge in [-0.3, -0.25) is 9.69 Å². The predicted molar refractivity (Wildman–Crippen MR) is 118 cm³/mol. The first-order valence-electron chi connectivity index (χ1n) is 8.33. The Kier molecular flexibility index (Phi) is 8.04. The number of amides is 1. The lowest BCUT2D eigenvalue weighted by Gasteiger charge is -2.21. The van der Waals surface area contributed by atoms with Crippen LogP contribution >= 0.6 is 46.9 Å². The van der Waals surface area contributed by atoms with Crippen molar-refractivity contribution in [1.82, 2.24) is 9.88 Å². The van der Waals surface area contributed by atoms with E-state index in [1.165, 1.54) is 23.5 Å². The molecule has 2 aromatic carbocycles. The molecule has 0 N–H and O–H groups in total. The van der Waals surface area contributed by atoms with Crippen molar-refractivity contribution in [2.24, 2.45) is 0 Å². The van der Waals surface area contributed by atoms with Gasteiger partial charge in [0.25, 0.3) is 5.91 Å². The molecular formula is C19H19Cl3FN3OS. The first-order chi connectivity index (χ1) is 12.8. The average molecular weight is 463 g/mol. The van der Waals surface area contributed by atoms with Crippen molar-refractivity contribution in [3.63, 3.8) is 0 Å². The Morgan fingerprint density at radius 2 is 1.89 bits per heavy atom. The predicted octanol–water partition coefficient (Wildman–Crippen LogP) is 5.76. The van der Waals surface area contributed by atoms with Crippen LogP contribution in [0.3, 0.4) is 0 Å². The summed E-state index contributed by atoms with van der Waals surface area (Å²) in [7, 11) is 3.95. The number of halogens is 4. The molecule has 0 aliphatic carbocycles. The van der Waals surface area contributed by atoms with Gasteiger partial charge in [-0.15, -0.1) is 12.4 Å². The van der Waals surface area contributed by atoms with E-state index in [1.807, 2.05) is 19.0 Å². The van der Waals surface area contributed by atoms with Gasteiger partial charge in [0.05, 0.1) is 20.8 Å². The maximum atomic E-state index is 13.5. The number of fused-ring (bicyclic) bond motifs is 1. The molecule has 4 nitrogen and oxygen atoms in total. The molecule has 1 aromatic heterocycles. The largest absolute Gasteiger partial charge is 0.309 e. The van der Waals surface area contributed by atoms with Gasteiger partial charge < -0.3 is 4.90 Å². The second kappa shape index (κ2) is 9.85. The Bertz CT molecular complexity index is 980. The van der Waals surface area contributed by atoms with E-state index in [-0.39, 0.29) is 24.1 Å². The number of aromatic nitrogens is 1. The smallest absolute Gasteiger partial charge is 0.261 e. The standard InChI is InChI=1S/C19H18Cl2FN3OS.ClH/c1-24(2)8-3-9-25(18(26)14-10-12(20)4-6-15(14)21)19-23-16-7-5-13(22)11-17(16)27-19;/h4-7,10-11H,3,8-9H2,1-2H3;1H. The van der Waals surface area contributed by atoms with Crippen LogP contribution in [-0.2, 0) is 0 Å². The number of nitrogens with zero attached hydrogens (tertiary/aromatic N) is 3. The number of thiazole rings is 1. The van der Waals surface area contributed by atoms with E-state index in [1.54, 1.807) is 29.2 Å². The SMILES string of the molecule is CN(C)CCCN(C(=O)c1cc(Cl)ccc1Cl)c1nc2ccc(F)cc2s1.Cl. The third-order valence-electron chi connectivity index (χ3n) is 3.96. The molecule has 28 heavy (non-hydrogen) atoms. The molecule has 3 aromatic rings. The first-order valence-corrected chi connectivity index (χ1v) is 9.90. The molecule has 0 spiro atoms. The lowest BCUT2D eigenvalue weighted by molar-refractivity contribution is 0.0986. The van der Waals surface area contributed by atoms with E-state index in [9.17, 15) is 9.18 Å². The highest BCUT2D eigenvalue weighted by atomic mass is 35.5. The van der Waals surface area contributed by atoms with Crippen molar-refractivity contribution < 1.29 is 9.18 Å². The summed E-state index contributed by atoms with van der Waals surface area (Å²) in [6, 6.07) is 9.18. The van der Waals surface area contributed by atoms with E-state index < -0.39 is 0 Å². The maximum absolute atomic E-state index is 13.5. The number of hydrogen-bond acceptors (Lipinski definition) is 4. The van der Waals surface area contributed by atoms with Crippen LogP contribution in [0.15, 0.2) is 36.4 Å². The van der Waals surface area contributed by atoms with E-state index in [0.717, 1.165) is 13.0 Å². The fourth-order valence-electron chi connectivity index (χ4n) is 2.64. The summed E-state index contributed by atoms with van der Waals surface area (Å²) in [5.74, 6) is -0.609. The number of carbonyl (C=O) groups is 1. The summed E-state index contributed by atoms with van der Waals surface area (Å²) in [6.45, 7) is 1.27. The molecule has 0 radical (unpaired) electrons. The number of anilines is 1. The fraction of sp³-hybridized carbons (Fsp3) is 0.263. The summed E-state index contributed by atoms with van der Waals surface area (Å²) in [5, 5.41) is 1.27. The van der Waals surface area contributed by atoms with Gasteiger partial charge in [0.2, 0.25) is 0 Å². The molecule has 0 aliphatic heterocycles. The van der Waals surface area contributed by atoms with Gasteiger partial charge in [-0.2, -0.15) is 0 Å². The van der Waals surface area contributed by atoms with Crippen molar-refractivity contribution in [2.75, 3.05) is 32.1 Å². The van der Waals surface area contributed by atoms with Crippen molar-refractivity contribution >= 4 is 68.2 Å². The zero-order valence-corrected chi connectivity index (χ0v) is 18.4. The molecule has 0 fully saturated rings. The van der Waals surface area contributed by atoms with E-state index >= 15 is 0 Å². The Hall–Kier alpha value is -1.44. The van der Waals surface area contributed by atoms with Crippen LogP contribution in [0.4, 0.5) is 9.52 Å². The van der Waals surface area contributed by atoms with Crippen LogP contribution in [-0.4, -0.2) is 43.0 Å². The monoisotopic (exact) mass is 461 g/mol. The van der Waals surface area contributed by atoms with Crippen LogP contribution in [0.1, 0.15) is 16.8 Å². The molecule has 0 atom stereocenters. The highest BCUT2D eigenvalue weighted by Gasteiger charge is 2.23. The topological polar surface area (TPSA) is 36.4 Å². The van der Waals surface area contributed by atoms with Crippen molar-refractivity contribution in [2.45, 2.75) is 6.42 Å². The van der Waals surface area contributed by atoms with Gasteiger partial charge in [-0.1, -0.05) is 34.5 Å². The number of hydrogen-bond donors (Lipinski definition) is 0. The number of rotatable bonds is 6. The minimum atomic E-state index is -0.332. The van der Waals surface area contributed by atoms with Gasteiger partial charge in [0.15, 0.2) is 5.13 Å². The lowest BCUT2D eigenvalue weighted by atomic mass is 10.2. The molecule has 0 saturated heterocycles.